The van der Waals surface area contributed by atoms with E-state index in [0.29, 0.717) is 0 Å². The van der Waals surface area contributed by atoms with Crippen LogP contribution in [0, 0.1) is 5.41 Å². The monoisotopic (exact) mass is 142 g/mol. The van der Waals surface area contributed by atoms with Gasteiger partial charge >= 0.3 is 0 Å². The van der Waals surface area contributed by atoms with E-state index < -0.39 is 0 Å². The third-order valence-electron chi connectivity index (χ3n) is 1.41. The smallest absolute Gasteiger partial charge is 0.00582 e. The van der Waals surface area contributed by atoms with Gasteiger partial charge in [-0.1, -0.05) is 0 Å². The van der Waals surface area contributed by atoms with E-state index in [1.807, 2.05) is 6.92 Å². The van der Waals surface area contributed by atoms with E-state index in [9.17, 15) is 0 Å². The van der Waals surface area contributed by atoms with Crippen LogP contribution in [0.15, 0.2) is 0 Å². The van der Waals surface area contributed by atoms with Gasteiger partial charge in [-0.2, -0.15) is 0 Å². The van der Waals surface area contributed by atoms with Crippen LogP contribution in [0.2, 0.25) is 0 Å². The molecule has 0 rings (SSSR count). The quantitative estimate of drug-likeness (QED) is 0.459. The molecule has 0 amide bonds. The predicted octanol–water partition coefficient (Wildman–Crippen LogP) is 1.76. The van der Waals surface area contributed by atoms with Crippen molar-refractivity contribution >= 4 is 5.71 Å². The van der Waals surface area contributed by atoms with Crippen molar-refractivity contribution < 1.29 is 0 Å². The van der Waals surface area contributed by atoms with E-state index in [4.69, 9.17) is 5.41 Å². The van der Waals surface area contributed by atoms with Crippen molar-refractivity contribution in [1.82, 2.24) is 4.90 Å². The molecule has 0 aromatic rings. The molecule has 0 aromatic heterocycles. The fourth-order valence-corrected chi connectivity index (χ4v) is 0.818. The van der Waals surface area contributed by atoms with Gasteiger partial charge in [0.2, 0.25) is 0 Å². The Kier molecular flexibility index (Phi) is 5.22. The third-order valence-corrected chi connectivity index (χ3v) is 1.41. The summed E-state index contributed by atoms with van der Waals surface area (Å²) in [6.07, 6.45) is 3.34. The molecule has 0 saturated carbocycles. The van der Waals surface area contributed by atoms with Crippen molar-refractivity contribution in [1.29, 1.82) is 5.41 Å². The molecule has 60 valence electrons. The summed E-state index contributed by atoms with van der Waals surface area (Å²) < 4.78 is 0. The second-order valence-corrected chi connectivity index (χ2v) is 3.04. The Bertz CT molecular complexity index is 97.4. The van der Waals surface area contributed by atoms with Crippen LogP contribution in [-0.2, 0) is 0 Å². The first-order valence-electron chi connectivity index (χ1n) is 3.81. The molecule has 2 nitrogen and oxygen atoms in total. The molecule has 1 N–H and O–H groups in total. The van der Waals surface area contributed by atoms with Crippen LogP contribution in [0.5, 0.6) is 0 Å². The molecule has 0 aliphatic rings. The lowest BCUT2D eigenvalue weighted by atomic mass is 10.2. The summed E-state index contributed by atoms with van der Waals surface area (Å²) in [5, 5.41) is 7.17. The van der Waals surface area contributed by atoms with Crippen molar-refractivity contribution in [2.45, 2.75) is 26.2 Å². The van der Waals surface area contributed by atoms with E-state index in [2.05, 4.69) is 19.0 Å². The van der Waals surface area contributed by atoms with Crippen molar-refractivity contribution in [3.8, 4) is 0 Å². The fourth-order valence-electron chi connectivity index (χ4n) is 0.818. The lowest BCUT2D eigenvalue weighted by Crippen LogP contribution is -2.12. The van der Waals surface area contributed by atoms with Gasteiger partial charge in [-0.15, -0.1) is 0 Å². The second kappa shape index (κ2) is 5.42. The van der Waals surface area contributed by atoms with Gasteiger partial charge in [0.1, 0.15) is 0 Å². The van der Waals surface area contributed by atoms with Crippen molar-refractivity contribution in [2.24, 2.45) is 0 Å². The van der Waals surface area contributed by atoms with Crippen LogP contribution >= 0.6 is 0 Å². The van der Waals surface area contributed by atoms with Crippen LogP contribution in [0.25, 0.3) is 0 Å². The van der Waals surface area contributed by atoms with E-state index in [1.165, 1.54) is 6.42 Å². The van der Waals surface area contributed by atoms with Gasteiger partial charge in [0.15, 0.2) is 0 Å². The van der Waals surface area contributed by atoms with Gasteiger partial charge in [-0.05, 0) is 46.8 Å². The number of unbranched alkanes of at least 4 members (excludes halogenated alkanes) is 1. The van der Waals surface area contributed by atoms with Gasteiger partial charge in [-0.25, -0.2) is 0 Å². The Labute approximate surface area is 63.7 Å². The number of nitrogens with one attached hydrogen (secondary N) is 1. The first kappa shape index (κ1) is 9.63. The minimum atomic E-state index is 0.804. The highest BCUT2D eigenvalue weighted by Crippen LogP contribution is 1.96. The SMILES string of the molecule is CC(=N)CCCCN(C)C. The Morgan fingerprint density at radius 3 is 2.30 bits per heavy atom. The van der Waals surface area contributed by atoms with Gasteiger partial charge in [-0.3, -0.25) is 0 Å². The standard InChI is InChI=1S/C8H18N2/c1-8(9)6-4-5-7-10(2)3/h9H,4-7H2,1-3H3. The molecule has 0 heterocycles. The second-order valence-electron chi connectivity index (χ2n) is 3.04. The van der Waals surface area contributed by atoms with Gasteiger partial charge in [0.05, 0.1) is 0 Å². The van der Waals surface area contributed by atoms with Gasteiger partial charge in [0.25, 0.3) is 0 Å². The first-order chi connectivity index (χ1) is 4.63. The highest BCUT2D eigenvalue weighted by Gasteiger charge is 1.91. The topological polar surface area (TPSA) is 27.1 Å². The summed E-state index contributed by atoms with van der Waals surface area (Å²) in [5.41, 5.74) is 0.804. The maximum Gasteiger partial charge on any atom is 0.00582 e. The molecule has 0 bridgehead atoms. The van der Waals surface area contributed by atoms with E-state index in [-0.39, 0.29) is 0 Å². The summed E-state index contributed by atoms with van der Waals surface area (Å²) >= 11 is 0. The maximum atomic E-state index is 7.17. The van der Waals surface area contributed by atoms with E-state index in [0.717, 1.165) is 25.1 Å². The Morgan fingerprint density at radius 1 is 1.30 bits per heavy atom. The first-order valence-corrected chi connectivity index (χ1v) is 3.81. The fraction of sp³-hybridized carbons (Fsp3) is 0.875. The molecule has 2 heteroatoms. The largest absolute Gasteiger partial charge is 0.310 e. The molecule has 0 unspecified atom stereocenters. The number of hydrogen-bond acceptors (Lipinski definition) is 2. The van der Waals surface area contributed by atoms with Crippen molar-refractivity contribution in [2.75, 3.05) is 20.6 Å². The average Bonchev–Trinajstić information content (AvgIpc) is 1.79. The molecule has 0 aliphatic heterocycles. The molecule has 0 spiro atoms. The summed E-state index contributed by atoms with van der Waals surface area (Å²) in [7, 11) is 4.16. The van der Waals surface area contributed by atoms with Crippen molar-refractivity contribution in [3.05, 3.63) is 0 Å². The molecule has 0 radical (unpaired) electrons. The zero-order valence-corrected chi connectivity index (χ0v) is 7.28. The maximum absolute atomic E-state index is 7.17. The number of hydrogen-bond donors (Lipinski definition) is 1. The summed E-state index contributed by atoms with van der Waals surface area (Å²) in [6, 6.07) is 0. The zero-order chi connectivity index (χ0) is 7.98. The minimum Gasteiger partial charge on any atom is -0.310 e. The highest BCUT2D eigenvalue weighted by atomic mass is 15.0. The number of rotatable bonds is 5. The Morgan fingerprint density at radius 2 is 1.90 bits per heavy atom. The third kappa shape index (κ3) is 7.63. The molecular formula is C8H18N2. The predicted molar refractivity (Wildman–Crippen MR) is 45.8 cm³/mol. The van der Waals surface area contributed by atoms with Crippen molar-refractivity contribution in [3.63, 3.8) is 0 Å². The van der Waals surface area contributed by atoms with Crippen LogP contribution < -0.4 is 0 Å². The minimum absolute atomic E-state index is 0.804. The molecule has 0 atom stereocenters. The van der Waals surface area contributed by atoms with E-state index in [1.54, 1.807) is 0 Å². The molecule has 0 aliphatic carbocycles. The highest BCUT2D eigenvalue weighted by molar-refractivity contribution is 5.78. The lowest BCUT2D eigenvalue weighted by Gasteiger charge is -2.07. The summed E-state index contributed by atoms with van der Waals surface area (Å²) in [6.45, 7) is 3.02. The summed E-state index contributed by atoms with van der Waals surface area (Å²) in [5.74, 6) is 0. The van der Waals surface area contributed by atoms with E-state index >= 15 is 0 Å². The Hall–Kier alpha value is -0.370. The molecular weight excluding hydrogens is 124 g/mol. The number of nitrogens with zero attached hydrogens (tertiary/aromatic N) is 1. The van der Waals surface area contributed by atoms with Crippen LogP contribution in [0.1, 0.15) is 26.2 Å². The molecule has 10 heavy (non-hydrogen) atoms. The summed E-state index contributed by atoms with van der Waals surface area (Å²) in [4.78, 5) is 2.18. The van der Waals surface area contributed by atoms with Crippen LogP contribution in [0.3, 0.4) is 0 Å². The van der Waals surface area contributed by atoms with Gasteiger partial charge < -0.3 is 10.3 Å². The zero-order valence-electron chi connectivity index (χ0n) is 7.28. The Balaban J connectivity index is 2.98. The molecule has 0 saturated heterocycles. The average molecular weight is 142 g/mol. The lowest BCUT2D eigenvalue weighted by molar-refractivity contribution is 0.396. The van der Waals surface area contributed by atoms with Crippen LogP contribution in [0.4, 0.5) is 0 Å². The van der Waals surface area contributed by atoms with Crippen LogP contribution in [-0.4, -0.2) is 31.3 Å². The molecule has 0 fully saturated rings. The van der Waals surface area contributed by atoms with Gasteiger partial charge in [0, 0.05) is 5.71 Å². The normalized spacial score (nSPS) is 10.4. The molecule has 0 aromatic carbocycles.